The van der Waals surface area contributed by atoms with Crippen molar-refractivity contribution in [3.05, 3.63) is 109 Å². The van der Waals surface area contributed by atoms with Crippen molar-refractivity contribution in [2.45, 2.75) is 348 Å². The van der Waals surface area contributed by atoms with Crippen LogP contribution in [-0.2, 0) is 28.6 Å². The molecule has 0 aromatic heterocycles. The maximum absolute atomic E-state index is 12.9. The van der Waals surface area contributed by atoms with Gasteiger partial charge >= 0.3 is 17.9 Å². The van der Waals surface area contributed by atoms with Crippen molar-refractivity contribution >= 4 is 17.9 Å². The third-order valence-electron chi connectivity index (χ3n) is 15.3. The van der Waals surface area contributed by atoms with Crippen molar-refractivity contribution in [2.24, 2.45) is 0 Å². The van der Waals surface area contributed by atoms with Gasteiger partial charge < -0.3 is 14.2 Å². The van der Waals surface area contributed by atoms with E-state index < -0.39 is 6.10 Å². The molecule has 0 rings (SSSR count). The van der Waals surface area contributed by atoms with E-state index in [-0.39, 0.29) is 31.1 Å². The summed E-state index contributed by atoms with van der Waals surface area (Å²) in [6.07, 6.45) is 96.8. The van der Waals surface area contributed by atoms with Crippen LogP contribution in [0, 0.1) is 0 Å². The number of hydrogen-bond donors (Lipinski definition) is 0. The lowest BCUT2D eigenvalue weighted by Gasteiger charge is -2.18. The first-order valence-electron chi connectivity index (χ1n) is 35.4. The molecular formula is C77H132O6. The fourth-order valence-corrected chi connectivity index (χ4v) is 10.0. The van der Waals surface area contributed by atoms with E-state index in [4.69, 9.17) is 14.2 Å². The second kappa shape index (κ2) is 70.6. The first kappa shape index (κ1) is 79.1. The second-order valence-corrected chi connectivity index (χ2v) is 23.4. The van der Waals surface area contributed by atoms with Crippen LogP contribution in [0.1, 0.15) is 342 Å². The van der Waals surface area contributed by atoms with Gasteiger partial charge in [-0.1, -0.05) is 342 Å². The lowest BCUT2D eigenvalue weighted by atomic mass is 10.0. The number of ether oxygens (including phenoxy) is 3. The molecule has 0 heterocycles. The summed E-state index contributed by atoms with van der Waals surface area (Å²) in [6, 6.07) is 0. The third kappa shape index (κ3) is 68.7. The highest BCUT2D eigenvalue weighted by Gasteiger charge is 2.19. The molecule has 0 aromatic rings. The zero-order valence-electron chi connectivity index (χ0n) is 54.7. The van der Waals surface area contributed by atoms with E-state index in [0.717, 1.165) is 135 Å². The summed E-state index contributed by atoms with van der Waals surface area (Å²) in [5, 5.41) is 0. The maximum atomic E-state index is 12.9. The molecule has 0 fully saturated rings. The number of allylic oxidation sites excluding steroid dienone is 18. The molecule has 0 aliphatic rings. The van der Waals surface area contributed by atoms with Crippen LogP contribution in [-0.4, -0.2) is 37.2 Å². The van der Waals surface area contributed by atoms with Gasteiger partial charge in [0.1, 0.15) is 13.2 Å². The van der Waals surface area contributed by atoms with Gasteiger partial charge in [-0.05, 0) is 89.9 Å². The van der Waals surface area contributed by atoms with Gasteiger partial charge in [-0.3, -0.25) is 14.4 Å². The molecular weight excluding hydrogens is 1020 g/mol. The smallest absolute Gasteiger partial charge is 0.306 e. The zero-order valence-corrected chi connectivity index (χ0v) is 54.7. The van der Waals surface area contributed by atoms with E-state index in [1.807, 2.05) is 0 Å². The van der Waals surface area contributed by atoms with Gasteiger partial charge in [0.05, 0.1) is 0 Å². The van der Waals surface area contributed by atoms with Crippen molar-refractivity contribution in [2.75, 3.05) is 13.2 Å². The van der Waals surface area contributed by atoms with Crippen LogP contribution in [0.3, 0.4) is 0 Å². The Kier molecular flexibility index (Phi) is 67.2. The van der Waals surface area contributed by atoms with Crippen LogP contribution >= 0.6 is 0 Å². The van der Waals surface area contributed by atoms with Crippen molar-refractivity contribution < 1.29 is 28.6 Å². The first-order chi connectivity index (χ1) is 41.0. The molecule has 0 radical (unpaired) electrons. The van der Waals surface area contributed by atoms with E-state index in [1.165, 1.54) is 167 Å². The Bertz CT molecular complexity index is 1660. The van der Waals surface area contributed by atoms with Crippen molar-refractivity contribution in [3.8, 4) is 0 Å². The van der Waals surface area contributed by atoms with Crippen molar-refractivity contribution in [1.29, 1.82) is 0 Å². The standard InChI is InChI=1S/C77H132O6/c1-4-7-10-13-16-19-22-25-28-30-31-32-33-34-35-36-37-38-39-40-41-42-43-44-45-47-49-52-55-58-61-64-67-70-76(79)82-73-74(72-81-75(78)69-66-63-60-57-54-51-48-27-24-21-18-15-12-9-6-3)83-77(80)71-68-65-62-59-56-53-50-46-29-26-23-20-17-14-11-8-5-2/h7,10,16,19,25,28,31-32,34-35,37-38,40-41,43-44,47,49,74H,4-6,8-9,11-15,17-18,20-24,26-27,29-30,33,36,39,42,45-46,48,50-73H2,1-3H3/b10-7-,19-16-,28-25-,32-31-,35-34-,38-37-,41-40-,44-43-,49-47-. The molecule has 0 bridgehead atoms. The molecule has 0 aliphatic carbocycles. The summed E-state index contributed by atoms with van der Waals surface area (Å²) in [4.78, 5) is 38.4. The minimum atomic E-state index is -0.785. The predicted molar refractivity (Wildman–Crippen MR) is 362 cm³/mol. The topological polar surface area (TPSA) is 78.9 Å². The molecule has 1 atom stereocenters. The van der Waals surface area contributed by atoms with Crippen LogP contribution in [0.5, 0.6) is 0 Å². The monoisotopic (exact) mass is 1150 g/mol. The van der Waals surface area contributed by atoms with E-state index in [9.17, 15) is 14.4 Å². The van der Waals surface area contributed by atoms with E-state index in [0.29, 0.717) is 19.3 Å². The third-order valence-corrected chi connectivity index (χ3v) is 15.3. The number of carbonyl (C=O) groups is 3. The molecule has 0 aliphatic heterocycles. The van der Waals surface area contributed by atoms with Gasteiger partial charge in [-0.25, -0.2) is 0 Å². The Labute approximate surface area is 514 Å². The van der Waals surface area contributed by atoms with Crippen LogP contribution in [0.4, 0.5) is 0 Å². The molecule has 0 N–H and O–H groups in total. The van der Waals surface area contributed by atoms with Crippen LogP contribution in [0.15, 0.2) is 109 Å². The van der Waals surface area contributed by atoms with Gasteiger partial charge in [0, 0.05) is 19.3 Å². The number of rotatable bonds is 64. The summed E-state index contributed by atoms with van der Waals surface area (Å²) in [7, 11) is 0. The summed E-state index contributed by atoms with van der Waals surface area (Å²) in [5.41, 5.74) is 0. The molecule has 476 valence electrons. The molecule has 0 saturated heterocycles. The SMILES string of the molecule is CC/C=C\C/C=C\C/C=C\C/C=C\C/C=C\C/C=C\C/C=C\C/C=C\C/C=C\CCCCCCCC(=O)OCC(COC(=O)CCCCCCCCCCCCCCCCC)OC(=O)CCCCCCCCCCCCCCCCCCC. The molecule has 0 spiro atoms. The quantitative estimate of drug-likeness (QED) is 0.0261. The average Bonchev–Trinajstić information content (AvgIpc) is 3.49. The molecule has 6 heteroatoms. The Balaban J connectivity index is 4.32. The first-order valence-corrected chi connectivity index (χ1v) is 35.4. The number of esters is 3. The second-order valence-electron chi connectivity index (χ2n) is 23.4. The maximum Gasteiger partial charge on any atom is 0.306 e. The lowest BCUT2D eigenvalue weighted by molar-refractivity contribution is -0.167. The van der Waals surface area contributed by atoms with Gasteiger partial charge in [0.15, 0.2) is 6.10 Å². The van der Waals surface area contributed by atoms with Crippen LogP contribution in [0.25, 0.3) is 0 Å². The highest BCUT2D eigenvalue weighted by Crippen LogP contribution is 2.17. The summed E-state index contributed by atoms with van der Waals surface area (Å²) < 4.78 is 17.0. The Morgan fingerprint density at radius 2 is 0.470 bits per heavy atom. The predicted octanol–water partition coefficient (Wildman–Crippen LogP) is 24.6. The Hall–Kier alpha value is -3.93. The molecule has 6 nitrogen and oxygen atoms in total. The number of unbranched alkanes of at least 4 members (excludes halogenated alkanes) is 35. The Morgan fingerprint density at radius 3 is 0.735 bits per heavy atom. The fourth-order valence-electron chi connectivity index (χ4n) is 10.0. The fraction of sp³-hybridized carbons (Fsp3) is 0.727. The van der Waals surface area contributed by atoms with Gasteiger partial charge in [0.2, 0.25) is 0 Å². The van der Waals surface area contributed by atoms with Gasteiger partial charge in [0.25, 0.3) is 0 Å². The summed E-state index contributed by atoms with van der Waals surface area (Å²) >= 11 is 0. The minimum Gasteiger partial charge on any atom is -0.462 e. The highest BCUT2D eigenvalue weighted by atomic mass is 16.6. The zero-order chi connectivity index (χ0) is 59.9. The Morgan fingerprint density at radius 1 is 0.253 bits per heavy atom. The molecule has 0 amide bonds. The van der Waals surface area contributed by atoms with E-state index in [1.54, 1.807) is 0 Å². The molecule has 0 saturated carbocycles. The van der Waals surface area contributed by atoms with Gasteiger partial charge in [-0.2, -0.15) is 0 Å². The highest BCUT2D eigenvalue weighted by molar-refractivity contribution is 5.71. The molecule has 1 unspecified atom stereocenters. The summed E-state index contributed by atoms with van der Waals surface area (Å²) in [6.45, 7) is 6.56. The van der Waals surface area contributed by atoms with Crippen LogP contribution < -0.4 is 0 Å². The normalized spacial score (nSPS) is 12.8. The van der Waals surface area contributed by atoms with E-state index in [2.05, 4.69) is 130 Å². The minimum absolute atomic E-state index is 0.0793. The largest absolute Gasteiger partial charge is 0.462 e. The number of carbonyl (C=O) groups excluding carboxylic acids is 3. The van der Waals surface area contributed by atoms with Crippen molar-refractivity contribution in [1.82, 2.24) is 0 Å². The average molecular weight is 1150 g/mol. The molecule has 83 heavy (non-hydrogen) atoms. The summed E-state index contributed by atoms with van der Waals surface area (Å²) in [5.74, 6) is -0.882. The van der Waals surface area contributed by atoms with E-state index >= 15 is 0 Å². The molecule has 0 aromatic carbocycles. The lowest BCUT2D eigenvalue weighted by Crippen LogP contribution is -2.30. The van der Waals surface area contributed by atoms with Crippen molar-refractivity contribution in [3.63, 3.8) is 0 Å². The number of hydrogen-bond acceptors (Lipinski definition) is 6. The van der Waals surface area contributed by atoms with Gasteiger partial charge in [-0.15, -0.1) is 0 Å². The van der Waals surface area contributed by atoms with Crippen LogP contribution in [0.2, 0.25) is 0 Å².